The van der Waals surface area contributed by atoms with Crippen molar-refractivity contribution >= 4 is 17.9 Å². The number of carbonyl (C=O) groups excluding carboxylic acids is 2. The molecule has 0 saturated heterocycles. The van der Waals surface area contributed by atoms with E-state index in [-0.39, 0.29) is 31.3 Å². The average Bonchev–Trinajstić information content (AvgIpc) is 2.28. The fourth-order valence-corrected chi connectivity index (χ4v) is 1.45. The molecule has 0 rings (SSSR count). The van der Waals surface area contributed by atoms with Gasteiger partial charge in [-0.25, -0.2) is 4.79 Å². The molecule has 0 aliphatic heterocycles. The van der Waals surface area contributed by atoms with Crippen LogP contribution in [0.15, 0.2) is 0 Å². The average molecular weight is 273 g/mol. The van der Waals surface area contributed by atoms with Crippen molar-refractivity contribution in [3.8, 4) is 0 Å². The Morgan fingerprint density at radius 3 is 2.21 bits per heavy atom. The highest BCUT2D eigenvalue weighted by atomic mass is 16.4. The molecule has 1 atom stereocenters. The Hall–Kier alpha value is -1.79. The second-order valence-electron chi connectivity index (χ2n) is 4.53. The van der Waals surface area contributed by atoms with Crippen LogP contribution >= 0.6 is 0 Å². The summed E-state index contributed by atoms with van der Waals surface area (Å²) in [5.41, 5.74) is 0. The summed E-state index contributed by atoms with van der Waals surface area (Å²) in [4.78, 5) is 33.4. The lowest BCUT2D eigenvalue weighted by atomic mass is 9.96. The van der Waals surface area contributed by atoms with Crippen LogP contribution in [0.1, 0.15) is 27.2 Å². The van der Waals surface area contributed by atoms with Gasteiger partial charge >= 0.3 is 12.0 Å². The molecule has 0 heterocycles. The van der Waals surface area contributed by atoms with Gasteiger partial charge in [0.1, 0.15) is 0 Å². The van der Waals surface area contributed by atoms with E-state index < -0.39 is 17.9 Å². The largest absolute Gasteiger partial charge is 0.481 e. The molecule has 4 N–H and O–H groups in total. The summed E-state index contributed by atoms with van der Waals surface area (Å²) in [6.07, 6.45) is 0.202. The third-order valence-corrected chi connectivity index (χ3v) is 2.62. The van der Waals surface area contributed by atoms with Crippen LogP contribution in [0, 0.1) is 11.8 Å². The van der Waals surface area contributed by atoms with Crippen LogP contribution in [-0.4, -0.2) is 42.6 Å². The summed E-state index contributed by atoms with van der Waals surface area (Å²) in [6, 6.07) is -0.462. The SMILES string of the molecule is CCNC(=O)CCNC(=O)NCC(C(=O)O)C(C)C. The highest BCUT2D eigenvalue weighted by Gasteiger charge is 2.21. The molecule has 0 aromatic heterocycles. The first kappa shape index (κ1) is 17.2. The zero-order chi connectivity index (χ0) is 14.8. The summed E-state index contributed by atoms with van der Waals surface area (Å²) in [6.45, 7) is 6.23. The van der Waals surface area contributed by atoms with Crippen LogP contribution in [0.5, 0.6) is 0 Å². The molecule has 110 valence electrons. The number of urea groups is 1. The van der Waals surface area contributed by atoms with E-state index >= 15 is 0 Å². The summed E-state index contributed by atoms with van der Waals surface area (Å²) >= 11 is 0. The topological polar surface area (TPSA) is 108 Å². The second-order valence-corrected chi connectivity index (χ2v) is 4.53. The molecule has 0 aliphatic carbocycles. The number of carboxylic acid groups (broad SMARTS) is 1. The Balaban J connectivity index is 3.86. The molecule has 3 amide bonds. The number of carbonyl (C=O) groups is 3. The number of nitrogens with one attached hydrogen (secondary N) is 3. The van der Waals surface area contributed by atoms with E-state index in [1.807, 2.05) is 6.92 Å². The fourth-order valence-electron chi connectivity index (χ4n) is 1.45. The second kappa shape index (κ2) is 9.18. The van der Waals surface area contributed by atoms with Gasteiger partial charge in [0, 0.05) is 26.1 Å². The minimum atomic E-state index is -0.933. The lowest BCUT2D eigenvalue weighted by Gasteiger charge is -2.16. The molecule has 0 bridgehead atoms. The fraction of sp³-hybridized carbons (Fsp3) is 0.750. The summed E-state index contributed by atoms with van der Waals surface area (Å²) < 4.78 is 0. The first-order valence-corrected chi connectivity index (χ1v) is 6.39. The van der Waals surface area contributed by atoms with Crippen molar-refractivity contribution in [2.75, 3.05) is 19.6 Å². The van der Waals surface area contributed by atoms with E-state index in [9.17, 15) is 14.4 Å². The molecule has 0 spiro atoms. The van der Waals surface area contributed by atoms with Gasteiger partial charge in [0.2, 0.25) is 5.91 Å². The molecule has 1 unspecified atom stereocenters. The normalized spacial score (nSPS) is 11.8. The molecule has 0 aromatic carbocycles. The molecule has 7 heteroatoms. The molecule has 0 aliphatic rings. The first-order chi connectivity index (χ1) is 8.88. The van der Waals surface area contributed by atoms with Gasteiger partial charge in [0.05, 0.1) is 5.92 Å². The molecule has 0 radical (unpaired) electrons. The maximum atomic E-state index is 11.4. The van der Waals surface area contributed by atoms with Crippen molar-refractivity contribution in [1.82, 2.24) is 16.0 Å². The minimum absolute atomic E-state index is 0.0619. The van der Waals surface area contributed by atoms with Gasteiger partial charge in [0.25, 0.3) is 0 Å². The van der Waals surface area contributed by atoms with Crippen molar-refractivity contribution < 1.29 is 19.5 Å². The van der Waals surface area contributed by atoms with Crippen LogP contribution in [0.4, 0.5) is 4.79 Å². The van der Waals surface area contributed by atoms with Crippen molar-refractivity contribution in [3.05, 3.63) is 0 Å². The van der Waals surface area contributed by atoms with E-state index in [0.717, 1.165) is 0 Å². The van der Waals surface area contributed by atoms with E-state index in [2.05, 4.69) is 16.0 Å². The van der Waals surface area contributed by atoms with Crippen LogP contribution in [0.3, 0.4) is 0 Å². The molecule has 0 aromatic rings. The summed E-state index contributed by atoms with van der Waals surface area (Å²) in [5.74, 6) is -1.74. The number of amides is 3. The molecule has 0 fully saturated rings. The Bertz CT molecular complexity index is 318. The standard InChI is InChI=1S/C12H23N3O4/c1-4-13-10(16)5-6-14-12(19)15-7-9(8(2)3)11(17)18/h8-9H,4-7H2,1-3H3,(H,13,16)(H,17,18)(H2,14,15,19). The van der Waals surface area contributed by atoms with Gasteiger partial charge in [0.15, 0.2) is 0 Å². The van der Waals surface area contributed by atoms with Crippen LogP contribution in [-0.2, 0) is 9.59 Å². The highest BCUT2D eigenvalue weighted by molar-refractivity contribution is 5.78. The van der Waals surface area contributed by atoms with Crippen LogP contribution in [0.25, 0.3) is 0 Å². The molecule has 19 heavy (non-hydrogen) atoms. The Morgan fingerprint density at radius 1 is 1.11 bits per heavy atom. The number of hydrogen-bond donors (Lipinski definition) is 4. The zero-order valence-corrected chi connectivity index (χ0v) is 11.7. The molecule has 7 nitrogen and oxygen atoms in total. The predicted octanol–water partition coefficient (Wildman–Crippen LogP) is 0.169. The summed E-state index contributed by atoms with van der Waals surface area (Å²) in [7, 11) is 0. The highest BCUT2D eigenvalue weighted by Crippen LogP contribution is 2.09. The quantitative estimate of drug-likeness (QED) is 0.505. The number of carboxylic acids is 1. The smallest absolute Gasteiger partial charge is 0.314 e. The van der Waals surface area contributed by atoms with Crippen molar-refractivity contribution in [3.63, 3.8) is 0 Å². The van der Waals surface area contributed by atoms with Crippen LogP contribution in [0.2, 0.25) is 0 Å². The third kappa shape index (κ3) is 8.01. The maximum Gasteiger partial charge on any atom is 0.314 e. The molecule has 0 saturated carbocycles. The van der Waals surface area contributed by atoms with Crippen LogP contribution < -0.4 is 16.0 Å². The summed E-state index contributed by atoms with van der Waals surface area (Å²) in [5, 5.41) is 16.5. The van der Waals surface area contributed by atoms with Gasteiger partial charge in [-0.15, -0.1) is 0 Å². The predicted molar refractivity (Wildman–Crippen MR) is 70.7 cm³/mol. The Morgan fingerprint density at radius 2 is 1.74 bits per heavy atom. The van der Waals surface area contributed by atoms with E-state index in [0.29, 0.717) is 6.54 Å². The Kier molecular flexibility index (Phi) is 8.32. The van der Waals surface area contributed by atoms with E-state index in [4.69, 9.17) is 5.11 Å². The van der Waals surface area contributed by atoms with Crippen molar-refractivity contribution in [2.45, 2.75) is 27.2 Å². The maximum absolute atomic E-state index is 11.4. The third-order valence-electron chi connectivity index (χ3n) is 2.62. The van der Waals surface area contributed by atoms with Gasteiger partial charge in [-0.3, -0.25) is 9.59 Å². The van der Waals surface area contributed by atoms with Crippen molar-refractivity contribution in [1.29, 1.82) is 0 Å². The number of hydrogen-bond acceptors (Lipinski definition) is 3. The number of rotatable bonds is 8. The van der Waals surface area contributed by atoms with Crippen molar-refractivity contribution in [2.24, 2.45) is 11.8 Å². The minimum Gasteiger partial charge on any atom is -0.481 e. The zero-order valence-electron chi connectivity index (χ0n) is 11.7. The van der Waals surface area contributed by atoms with E-state index in [1.54, 1.807) is 13.8 Å². The van der Waals surface area contributed by atoms with Gasteiger partial charge < -0.3 is 21.1 Å². The first-order valence-electron chi connectivity index (χ1n) is 6.39. The lowest BCUT2D eigenvalue weighted by molar-refractivity contribution is -0.142. The van der Waals surface area contributed by atoms with Gasteiger partial charge in [-0.2, -0.15) is 0 Å². The lowest BCUT2D eigenvalue weighted by Crippen LogP contribution is -2.42. The molecular weight excluding hydrogens is 250 g/mol. The van der Waals surface area contributed by atoms with Gasteiger partial charge in [-0.1, -0.05) is 13.8 Å². The number of aliphatic carboxylic acids is 1. The Labute approximate surface area is 113 Å². The molecular formula is C12H23N3O4. The van der Waals surface area contributed by atoms with Gasteiger partial charge in [-0.05, 0) is 12.8 Å². The van der Waals surface area contributed by atoms with E-state index in [1.165, 1.54) is 0 Å². The monoisotopic (exact) mass is 273 g/mol.